The highest BCUT2D eigenvalue weighted by atomic mass is 32.2. The summed E-state index contributed by atoms with van der Waals surface area (Å²) in [5, 5.41) is 0.852. The SMILES string of the molecule is CC(C)[S+]([O-])c1[c]cc[nH]1. The maximum Gasteiger partial charge on any atom is 0.231 e. The highest BCUT2D eigenvalue weighted by Gasteiger charge is 2.15. The van der Waals surface area contributed by atoms with Crippen LogP contribution in [0.1, 0.15) is 13.8 Å². The van der Waals surface area contributed by atoms with Crippen molar-refractivity contribution in [1.82, 2.24) is 4.98 Å². The molecule has 10 heavy (non-hydrogen) atoms. The Bertz CT molecular complexity index is 183. The van der Waals surface area contributed by atoms with Crippen molar-refractivity contribution in [2.45, 2.75) is 24.1 Å². The van der Waals surface area contributed by atoms with E-state index in [-0.39, 0.29) is 5.25 Å². The molecule has 0 aliphatic carbocycles. The Morgan fingerprint density at radius 1 is 1.70 bits per heavy atom. The molecule has 0 aromatic carbocycles. The maximum atomic E-state index is 11.3. The third kappa shape index (κ3) is 1.55. The van der Waals surface area contributed by atoms with Crippen LogP contribution in [0.4, 0.5) is 0 Å². The molecule has 0 aliphatic rings. The molecule has 0 saturated carbocycles. The predicted molar refractivity (Wildman–Crippen MR) is 41.2 cm³/mol. The number of hydrogen-bond acceptors (Lipinski definition) is 1. The quantitative estimate of drug-likeness (QED) is 0.644. The van der Waals surface area contributed by atoms with Gasteiger partial charge in [0, 0.05) is 17.4 Å². The monoisotopic (exact) mass is 156 g/mol. The minimum Gasteiger partial charge on any atom is -0.610 e. The molecule has 55 valence electrons. The topological polar surface area (TPSA) is 38.8 Å². The molecule has 1 N–H and O–H groups in total. The van der Waals surface area contributed by atoms with Crippen molar-refractivity contribution >= 4 is 11.2 Å². The summed E-state index contributed by atoms with van der Waals surface area (Å²) in [6.45, 7) is 3.84. The van der Waals surface area contributed by atoms with Crippen LogP contribution < -0.4 is 0 Å². The number of nitrogens with one attached hydrogen (secondary N) is 1. The van der Waals surface area contributed by atoms with E-state index >= 15 is 0 Å². The van der Waals surface area contributed by atoms with Crippen LogP contribution in [0.3, 0.4) is 0 Å². The fourth-order valence-corrected chi connectivity index (χ4v) is 1.47. The fraction of sp³-hybridized carbons (Fsp3) is 0.429. The number of hydrogen-bond donors (Lipinski definition) is 1. The molecular formula is C7H10NOS. The summed E-state index contributed by atoms with van der Waals surface area (Å²) in [5.41, 5.74) is 0. The molecule has 0 fully saturated rings. The molecule has 0 spiro atoms. The molecule has 0 saturated heterocycles. The van der Waals surface area contributed by atoms with Crippen LogP contribution in [0.25, 0.3) is 0 Å². The van der Waals surface area contributed by atoms with Gasteiger partial charge in [0.25, 0.3) is 0 Å². The Labute approximate surface area is 63.8 Å². The zero-order chi connectivity index (χ0) is 7.56. The highest BCUT2D eigenvalue weighted by Crippen LogP contribution is 2.11. The Hall–Kier alpha value is -0.410. The Morgan fingerprint density at radius 2 is 2.40 bits per heavy atom. The molecule has 0 amide bonds. The van der Waals surface area contributed by atoms with Crippen molar-refractivity contribution in [3.63, 3.8) is 0 Å². The van der Waals surface area contributed by atoms with Gasteiger partial charge in [-0.1, -0.05) is 0 Å². The summed E-state index contributed by atoms with van der Waals surface area (Å²) >= 11 is -0.915. The van der Waals surface area contributed by atoms with Gasteiger partial charge in [0.15, 0.2) is 0 Å². The number of H-pyrrole nitrogens is 1. The molecule has 1 aromatic rings. The fourth-order valence-electron chi connectivity index (χ4n) is 0.628. The van der Waals surface area contributed by atoms with Gasteiger partial charge in [-0.25, -0.2) is 0 Å². The third-order valence-electron chi connectivity index (χ3n) is 1.14. The van der Waals surface area contributed by atoms with E-state index in [2.05, 4.69) is 11.1 Å². The second-order valence-corrected chi connectivity index (χ2v) is 4.24. The lowest BCUT2D eigenvalue weighted by molar-refractivity contribution is 0.583. The molecule has 1 atom stereocenters. The largest absolute Gasteiger partial charge is 0.610 e. The van der Waals surface area contributed by atoms with Crippen LogP contribution in [0.2, 0.25) is 0 Å². The number of rotatable bonds is 2. The molecule has 0 bridgehead atoms. The molecular weight excluding hydrogens is 146 g/mol. The van der Waals surface area contributed by atoms with Crippen molar-refractivity contribution in [1.29, 1.82) is 0 Å². The first-order chi connectivity index (χ1) is 4.72. The van der Waals surface area contributed by atoms with Crippen molar-refractivity contribution in [3.05, 3.63) is 18.3 Å². The summed E-state index contributed by atoms with van der Waals surface area (Å²) in [4.78, 5) is 2.86. The van der Waals surface area contributed by atoms with E-state index in [1.165, 1.54) is 0 Å². The van der Waals surface area contributed by atoms with Crippen molar-refractivity contribution in [2.75, 3.05) is 0 Å². The first-order valence-electron chi connectivity index (χ1n) is 3.17. The number of aromatic amines is 1. The average Bonchev–Trinajstić information content (AvgIpc) is 2.36. The Balaban J connectivity index is 2.68. The third-order valence-corrected chi connectivity index (χ3v) is 2.64. The smallest absolute Gasteiger partial charge is 0.231 e. The summed E-state index contributed by atoms with van der Waals surface area (Å²) in [5.74, 6) is 0. The molecule has 3 heteroatoms. The second kappa shape index (κ2) is 3.12. The first-order valence-corrected chi connectivity index (χ1v) is 4.38. The first kappa shape index (κ1) is 7.69. The minimum absolute atomic E-state index is 0.162. The van der Waals surface area contributed by atoms with E-state index in [1.54, 1.807) is 12.3 Å². The Morgan fingerprint density at radius 3 is 2.80 bits per heavy atom. The van der Waals surface area contributed by atoms with Gasteiger partial charge in [-0.2, -0.15) is 0 Å². The van der Waals surface area contributed by atoms with E-state index in [9.17, 15) is 4.55 Å². The van der Waals surface area contributed by atoms with Gasteiger partial charge in [-0.05, 0) is 19.9 Å². The second-order valence-electron chi connectivity index (χ2n) is 2.30. The Kier molecular flexibility index (Phi) is 2.40. The zero-order valence-corrected chi connectivity index (χ0v) is 6.87. The molecule has 1 rings (SSSR count). The molecule has 0 aliphatic heterocycles. The van der Waals surface area contributed by atoms with Gasteiger partial charge in [0.1, 0.15) is 5.25 Å². The van der Waals surface area contributed by atoms with E-state index < -0.39 is 11.2 Å². The molecule has 2 nitrogen and oxygen atoms in total. The summed E-state index contributed by atoms with van der Waals surface area (Å²) in [6.07, 6.45) is 1.73. The zero-order valence-electron chi connectivity index (χ0n) is 6.05. The summed E-state index contributed by atoms with van der Waals surface area (Å²) in [6, 6.07) is 4.59. The van der Waals surface area contributed by atoms with Crippen LogP contribution in [0, 0.1) is 6.07 Å². The van der Waals surface area contributed by atoms with Gasteiger partial charge in [-0.3, -0.25) is 0 Å². The van der Waals surface area contributed by atoms with Crippen LogP contribution in [-0.4, -0.2) is 14.8 Å². The minimum atomic E-state index is -0.915. The van der Waals surface area contributed by atoms with Crippen molar-refractivity contribution < 1.29 is 4.55 Å². The highest BCUT2D eigenvalue weighted by molar-refractivity contribution is 7.91. The molecule has 1 heterocycles. The molecule has 1 aromatic heterocycles. The number of aromatic nitrogens is 1. The summed E-state index contributed by atoms with van der Waals surface area (Å²) in [7, 11) is 0. The van der Waals surface area contributed by atoms with Crippen LogP contribution in [0.15, 0.2) is 17.3 Å². The average molecular weight is 156 g/mol. The normalized spacial score (nSPS) is 14.0. The van der Waals surface area contributed by atoms with Crippen molar-refractivity contribution in [2.24, 2.45) is 0 Å². The van der Waals surface area contributed by atoms with Crippen LogP contribution in [0.5, 0.6) is 0 Å². The molecule has 1 radical (unpaired) electrons. The van der Waals surface area contributed by atoms with Crippen LogP contribution in [-0.2, 0) is 11.2 Å². The van der Waals surface area contributed by atoms with Gasteiger partial charge in [-0.15, -0.1) is 0 Å². The van der Waals surface area contributed by atoms with E-state index in [1.807, 2.05) is 13.8 Å². The van der Waals surface area contributed by atoms with Gasteiger partial charge in [0.2, 0.25) is 5.03 Å². The summed E-state index contributed by atoms with van der Waals surface area (Å²) < 4.78 is 11.3. The lowest BCUT2D eigenvalue weighted by Crippen LogP contribution is -2.14. The predicted octanol–water partition coefficient (Wildman–Crippen LogP) is 1.33. The lowest BCUT2D eigenvalue weighted by atomic mass is 10.6. The lowest BCUT2D eigenvalue weighted by Gasteiger charge is -2.10. The van der Waals surface area contributed by atoms with Crippen molar-refractivity contribution in [3.8, 4) is 0 Å². The van der Waals surface area contributed by atoms with E-state index in [0.29, 0.717) is 5.03 Å². The van der Waals surface area contributed by atoms with E-state index in [4.69, 9.17) is 0 Å². The van der Waals surface area contributed by atoms with Gasteiger partial charge in [0.05, 0.1) is 6.07 Å². The van der Waals surface area contributed by atoms with Crippen LogP contribution >= 0.6 is 0 Å². The van der Waals surface area contributed by atoms with Gasteiger partial charge < -0.3 is 9.54 Å². The van der Waals surface area contributed by atoms with Gasteiger partial charge >= 0.3 is 0 Å². The van der Waals surface area contributed by atoms with E-state index in [0.717, 1.165) is 0 Å². The standard InChI is InChI=1S/C7H10NOS/c1-6(2)10(9)7-4-3-5-8-7/h3,5-6,8H,1-2H3. The molecule has 1 unspecified atom stereocenters. The maximum absolute atomic E-state index is 11.3.